The van der Waals surface area contributed by atoms with Gasteiger partial charge in [0.05, 0.1) is 24.8 Å². The Morgan fingerprint density at radius 2 is 2.06 bits per heavy atom. The smallest absolute Gasteiger partial charge is 0.276 e. The summed E-state index contributed by atoms with van der Waals surface area (Å²) in [5, 5.41) is 12.6. The number of nitrogens with one attached hydrogen (secondary N) is 1. The highest BCUT2D eigenvalue weighted by Gasteiger charge is 2.47. The first-order valence-corrected chi connectivity index (χ1v) is 9.97. The van der Waals surface area contributed by atoms with Crippen molar-refractivity contribution >= 4 is 11.8 Å². The van der Waals surface area contributed by atoms with Gasteiger partial charge in [-0.3, -0.25) is 14.4 Å². The molecule has 0 spiro atoms. The van der Waals surface area contributed by atoms with Crippen molar-refractivity contribution in [1.82, 2.24) is 19.8 Å². The predicted molar refractivity (Wildman–Crippen MR) is 100 cm³/mol. The first kappa shape index (κ1) is 20.5. The average molecular weight is 450 g/mol. The number of aromatic nitrogens is 2. The molecule has 2 aliphatic heterocycles. The van der Waals surface area contributed by atoms with E-state index in [1.807, 2.05) is 0 Å². The van der Waals surface area contributed by atoms with Crippen LogP contribution in [0.25, 0.3) is 0 Å². The van der Waals surface area contributed by atoms with Gasteiger partial charge in [0, 0.05) is 18.3 Å². The normalized spacial score (nSPS) is 23.7. The molecule has 2 N–H and O–H groups in total. The van der Waals surface area contributed by atoms with Crippen molar-refractivity contribution in [2.75, 3.05) is 0 Å². The lowest BCUT2D eigenvalue weighted by atomic mass is 10.1. The molecule has 0 radical (unpaired) electrons. The number of aromatic hydroxyl groups is 1. The zero-order valence-corrected chi connectivity index (χ0v) is 16.5. The fourth-order valence-electron chi connectivity index (χ4n) is 4.62. The Balaban J connectivity index is 1.44. The molecule has 3 atom stereocenters. The highest BCUT2D eigenvalue weighted by Crippen LogP contribution is 2.38. The molecule has 2 fully saturated rings. The summed E-state index contributed by atoms with van der Waals surface area (Å²) >= 11 is 0. The van der Waals surface area contributed by atoms with E-state index in [1.165, 1.54) is 9.47 Å². The van der Waals surface area contributed by atoms with Crippen LogP contribution in [0.1, 0.15) is 45.7 Å². The molecular weight excluding hydrogens is 433 g/mol. The zero-order chi connectivity index (χ0) is 22.7. The maximum absolute atomic E-state index is 13.8. The number of carbonyl (C=O) groups excluding carboxylic acids is 2. The van der Waals surface area contributed by atoms with Crippen LogP contribution in [-0.4, -0.2) is 49.7 Å². The maximum atomic E-state index is 13.8. The van der Waals surface area contributed by atoms with E-state index in [4.69, 9.17) is 4.74 Å². The number of pyridine rings is 2. The molecule has 32 heavy (non-hydrogen) atoms. The number of nitrogens with zero attached hydrogens (tertiary/aromatic N) is 3. The van der Waals surface area contributed by atoms with Crippen molar-refractivity contribution in [1.29, 1.82) is 0 Å². The Kier molecular flexibility index (Phi) is 4.69. The number of fused-ring (bicyclic) bond motifs is 5. The quantitative estimate of drug-likeness (QED) is 0.676. The topological polar surface area (TPSA) is 114 Å². The molecule has 0 aromatic carbocycles. The summed E-state index contributed by atoms with van der Waals surface area (Å²) < 4.78 is 47.6. The molecule has 2 amide bonds. The fraction of sp³-hybridized carbons (Fsp3) is 0.400. The van der Waals surface area contributed by atoms with Crippen LogP contribution in [0.2, 0.25) is 0 Å². The number of ether oxygens (including phenoxy) is 1. The molecule has 4 heterocycles. The van der Waals surface area contributed by atoms with Crippen LogP contribution in [0.4, 0.5) is 13.2 Å². The summed E-state index contributed by atoms with van der Waals surface area (Å²) in [6.07, 6.45) is 2.82. The molecule has 0 unspecified atom stereocenters. The summed E-state index contributed by atoms with van der Waals surface area (Å²) in [5.41, 5.74) is -2.56. The van der Waals surface area contributed by atoms with Crippen LogP contribution in [0, 0.1) is 17.7 Å². The van der Waals surface area contributed by atoms with Gasteiger partial charge >= 0.3 is 0 Å². The molecule has 1 saturated heterocycles. The lowest BCUT2D eigenvalue weighted by Crippen LogP contribution is -2.57. The summed E-state index contributed by atoms with van der Waals surface area (Å²) in [7, 11) is 0. The monoisotopic (exact) mass is 450 g/mol. The number of carbonyl (C=O) groups is 2. The van der Waals surface area contributed by atoms with Crippen LogP contribution >= 0.6 is 0 Å². The summed E-state index contributed by atoms with van der Waals surface area (Å²) in [6.45, 7) is -0.610. The zero-order valence-electron chi connectivity index (χ0n) is 16.5. The van der Waals surface area contributed by atoms with Crippen LogP contribution in [0.5, 0.6) is 5.75 Å². The molecule has 1 saturated carbocycles. The van der Waals surface area contributed by atoms with Crippen molar-refractivity contribution in [2.24, 2.45) is 0 Å². The van der Waals surface area contributed by atoms with E-state index in [0.29, 0.717) is 12.5 Å². The van der Waals surface area contributed by atoms with Gasteiger partial charge in [0.25, 0.3) is 11.8 Å². The van der Waals surface area contributed by atoms with E-state index in [-0.39, 0.29) is 24.4 Å². The van der Waals surface area contributed by atoms with Crippen molar-refractivity contribution < 1.29 is 32.6 Å². The highest BCUT2D eigenvalue weighted by molar-refractivity contribution is 5.99. The number of halogens is 3. The minimum Gasteiger partial charge on any atom is -0.503 e. The SMILES string of the molecule is O=C(NCc1c(F)cc(F)nc1F)c1cn2c(c(O)c1=O)C(=O)N1[C@H]3CC[C@H](C3)O[C@@H]1C2. The van der Waals surface area contributed by atoms with Crippen molar-refractivity contribution in [2.45, 2.75) is 50.7 Å². The summed E-state index contributed by atoms with van der Waals surface area (Å²) in [5.74, 6) is -6.54. The van der Waals surface area contributed by atoms with Crippen molar-refractivity contribution in [3.63, 3.8) is 0 Å². The van der Waals surface area contributed by atoms with E-state index < -0.39 is 64.6 Å². The molecule has 12 heteroatoms. The van der Waals surface area contributed by atoms with Gasteiger partial charge in [-0.25, -0.2) is 4.39 Å². The van der Waals surface area contributed by atoms with E-state index in [2.05, 4.69) is 10.3 Å². The molecule has 168 valence electrons. The first-order chi connectivity index (χ1) is 15.2. The standard InChI is InChI=1S/C20H17F3N4O5/c21-12-4-13(22)25-18(23)10(12)5-24-19(30)11-6-26-7-14-27(8-1-2-9(3-8)32-14)20(31)15(26)17(29)16(11)28/h4,6,8-9,14,29H,1-3,5,7H2,(H,24,30)/t8-,9+,14+/m0/s1. The number of amides is 2. The third-order valence-electron chi connectivity index (χ3n) is 6.11. The first-order valence-electron chi connectivity index (χ1n) is 9.97. The lowest BCUT2D eigenvalue weighted by molar-refractivity contribution is -0.132. The van der Waals surface area contributed by atoms with Gasteiger partial charge in [-0.05, 0) is 19.3 Å². The van der Waals surface area contributed by atoms with Crippen molar-refractivity contribution in [3.8, 4) is 5.75 Å². The summed E-state index contributed by atoms with van der Waals surface area (Å²) in [6, 6.07) is 0.324. The van der Waals surface area contributed by atoms with E-state index in [9.17, 15) is 32.7 Å². The van der Waals surface area contributed by atoms with E-state index >= 15 is 0 Å². The minimum atomic E-state index is -1.44. The Bertz CT molecular complexity index is 1190. The number of hydrogen-bond acceptors (Lipinski definition) is 6. The number of rotatable bonds is 3. The van der Waals surface area contributed by atoms with Crippen LogP contribution in [0.3, 0.4) is 0 Å². The molecular formula is C20H17F3N4O5. The Hall–Kier alpha value is -3.41. The molecule has 3 aliphatic rings. The fourth-order valence-corrected chi connectivity index (χ4v) is 4.62. The number of hydrogen-bond donors (Lipinski definition) is 2. The lowest BCUT2D eigenvalue weighted by Gasteiger charge is -2.44. The third-order valence-corrected chi connectivity index (χ3v) is 6.11. The highest BCUT2D eigenvalue weighted by atomic mass is 19.1. The summed E-state index contributed by atoms with van der Waals surface area (Å²) in [4.78, 5) is 42.5. The second-order valence-corrected chi connectivity index (χ2v) is 7.99. The van der Waals surface area contributed by atoms with E-state index in [1.54, 1.807) is 0 Å². The Labute approximate surface area is 178 Å². The van der Waals surface area contributed by atoms with Gasteiger partial charge in [0.2, 0.25) is 17.3 Å². The minimum absolute atomic E-state index is 0.0282. The van der Waals surface area contributed by atoms with Gasteiger partial charge in [0.15, 0.2) is 17.7 Å². The maximum Gasteiger partial charge on any atom is 0.276 e. The Morgan fingerprint density at radius 1 is 1.28 bits per heavy atom. The van der Waals surface area contributed by atoms with Gasteiger partial charge in [0.1, 0.15) is 11.4 Å². The van der Waals surface area contributed by atoms with E-state index in [0.717, 1.165) is 19.0 Å². The third kappa shape index (κ3) is 3.13. The van der Waals surface area contributed by atoms with Crippen molar-refractivity contribution in [3.05, 3.63) is 57.0 Å². The predicted octanol–water partition coefficient (Wildman–Crippen LogP) is 1.03. The molecule has 2 aromatic heterocycles. The second kappa shape index (κ2) is 7.33. The molecule has 2 aromatic rings. The van der Waals surface area contributed by atoms with Gasteiger partial charge in [-0.2, -0.15) is 13.8 Å². The van der Waals surface area contributed by atoms with Crippen LogP contribution in [-0.2, 0) is 17.8 Å². The largest absolute Gasteiger partial charge is 0.503 e. The molecule has 2 bridgehead atoms. The van der Waals surface area contributed by atoms with Gasteiger partial charge < -0.3 is 24.6 Å². The molecule has 1 aliphatic carbocycles. The average Bonchev–Trinajstić information content (AvgIpc) is 3.10. The van der Waals surface area contributed by atoms with Crippen LogP contribution in [0.15, 0.2) is 17.1 Å². The van der Waals surface area contributed by atoms with Crippen LogP contribution < -0.4 is 10.7 Å². The Morgan fingerprint density at radius 3 is 2.81 bits per heavy atom. The van der Waals surface area contributed by atoms with Gasteiger partial charge in [-0.15, -0.1) is 0 Å². The van der Waals surface area contributed by atoms with Gasteiger partial charge in [-0.1, -0.05) is 0 Å². The molecule has 9 nitrogen and oxygen atoms in total. The second-order valence-electron chi connectivity index (χ2n) is 7.99. The molecule has 5 rings (SSSR count).